The summed E-state index contributed by atoms with van der Waals surface area (Å²) in [5.74, 6) is -0.422. The van der Waals surface area contributed by atoms with Crippen LogP contribution in [-0.2, 0) is 24.4 Å². The standard InChI is InChI=1S/C20H21N3O2S/c1-3-25-20(24)18-10-17(11-21)19(26)23(14(18)2)13-22-9-8-15-6-4-5-7-16(15)12-22/h4-7,10H,3,8-9,12-13H2,1-2H3. The maximum Gasteiger partial charge on any atom is 0.339 e. The quantitative estimate of drug-likeness (QED) is 0.610. The number of aromatic nitrogens is 1. The average Bonchev–Trinajstić information content (AvgIpc) is 2.65. The van der Waals surface area contributed by atoms with Crippen LogP contribution in [0.4, 0.5) is 0 Å². The molecule has 1 aromatic heterocycles. The molecule has 0 atom stereocenters. The predicted molar refractivity (Wildman–Crippen MR) is 101 cm³/mol. The van der Waals surface area contributed by atoms with Crippen LogP contribution >= 0.6 is 12.2 Å². The Morgan fingerprint density at radius 2 is 2.08 bits per heavy atom. The first-order valence-corrected chi connectivity index (χ1v) is 9.06. The van der Waals surface area contributed by atoms with E-state index < -0.39 is 5.97 Å². The van der Waals surface area contributed by atoms with Crippen molar-refractivity contribution in [1.82, 2.24) is 9.47 Å². The highest BCUT2D eigenvalue weighted by Crippen LogP contribution is 2.21. The van der Waals surface area contributed by atoms with Gasteiger partial charge in [-0.25, -0.2) is 4.79 Å². The fourth-order valence-corrected chi connectivity index (χ4v) is 3.59. The lowest BCUT2D eigenvalue weighted by Crippen LogP contribution is -2.33. The molecule has 0 bridgehead atoms. The van der Waals surface area contributed by atoms with Crippen molar-refractivity contribution < 1.29 is 9.53 Å². The SMILES string of the molecule is CCOC(=O)c1cc(C#N)c(=S)n(CN2CCc3ccccc3C2)c1C. The largest absolute Gasteiger partial charge is 0.462 e. The third-order valence-electron chi connectivity index (χ3n) is 4.73. The summed E-state index contributed by atoms with van der Waals surface area (Å²) in [6, 6.07) is 12.1. The van der Waals surface area contributed by atoms with E-state index in [1.54, 1.807) is 6.92 Å². The Morgan fingerprint density at radius 1 is 1.35 bits per heavy atom. The molecule has 26 heavy (non-hydrogen) atoms. The first kappa shape index (κ1) is 18.3. The van der Waals surface area contributed by atoms with Crippen LogP contribution in [0.3, 0.4) is 0 Å². The summed E-state index contributed by atoms with van der Waals surface area (Å²) in [5, 5.41) is 9.41. The number of esters is 1. The van der Waals surface area contributed by atoms with Crippen LogP contribution in [0, 0.1) is 22.9 Å². The van der Waals surface area contributed by atoms with Gasteiger partial charge in [0.25, 0.3) is 0 Å². The summed E-state index contributed by atoms with van der Waals surface area (Å²) in [4.78, 5) is 14.5. The molecule has 0 fully saturated rings. The molecule has 0 saturated heterocycles. The van der Waals surface area contributed by atoms with Gasteiger partial charge in [0.1, 0.15) is 10.7 Å². The van der Waals surface area contributed by atoms with Gasteiger partial charge < -0.3 is 9.30 Å². The van der Waals surface area contributed by atoms with Crippen molar-refractivity contribution in [3.8, 4) is 6.07 Å². The monoisotopic (exact) mass is 367 g/mol. The minimum Gasteiger partial charge on any atom is -0.462 e. The summed E-state index contributed by atoms with van der Waals surface area (Å²) in [6.45, 7) is 6.17. The highest BCUT2D eigenvalue weighted by molar-refractivity contribution is 7.71. The van der Waals surface area contributed by atoms with E-state index in [2.05, 4.69) is 29.2 Å². The first-order valence-electron chi connectivity index (χ1n) is 8.66. The van der Waals surface area contributed by atoms with Crippen LogP contribution in [0.25, 0.3) is 0 Å². The molecule has 0 aliphatic carbocycles. The molecule has 3 rings (SSSR count). The van der Waals surface area contributed by atoms with Gasteiger partial charge in [-0.1, -0.05) is 36.5 Å². The molecule has 1 aliphatic rings. The van der Waals surface area contributed by atoms with Gasteiger partial charge in [0, 0.05) is 18.8 Å². The number of carbonyl (C=O) groups is 1. The number of rotatable bonds is 4. The zero-order valence-electron chi connectivity index (χ0n) is 15.0. The third kappa shape index (κ3) is 3.55. The molecule has 0 N–H and O–H groups in total. The fraction of sp³-hybridized carbons (Fsp3) is 0.350. The van der Waals surface area contributed by atoms with Gasteiger partial charge in [-0.3, -0.25) is 4.90 Å². The summed E-state index contributed by atoms with van der Waals surface area (Å²) in [5.41, 5.74) is 4.14. The van der Waals surface area contributed by atoms with Crippen molar-refractivity contribution in [3.05, 3.63) is 62.9 Å². The normalized spacial score (nSPS) is 13.7. The molecule has 1 aromatic carbocycles. The molecular weight excluding hydrogens is 346 g/mol. The van der Waals surface area contributed by atoms with Gasteiger partial charge in [0.2, 0.25) is 0 Å². The van der Waals surface area contributed by atoms with E-state index in [1.165, 1.54) is 17.2 Å². The smallest absolute Gasteiger partial charge is 0.339 e. The van der Waals surface area contributed by atoms with Crippen molar-refractivity contribution >= 4 is 18.2 Å². The van der Waals surface area contributed by atoms with Gasteiger partial charge in [-0.2, -0.15) is 5.26 Å². The lowest BCUT2D eigenvalue weighted by atomic mass is 10.0. The fourth-order valence-electron chi connectivity index (χ4n) is 3.29. The van der Waals surface area contributed by atoms with Crippen LogP contribution in [0.2, 0.25) is 0 Å². The molecule has 2 heterocycles. The van der Waals surface area contributed by atoms with Crippen LogP contribution in [0.1, 0.15) is 39.7 Å². The first-order chi connectivity index (χ1) is 12.5. The van der Waals surface area contributed by atoms with Crippen LogP contribution in [0.15, 0.2) is 30.3 Å². The number of nitrogens with zero attached hydrogens (tertiary/aromatic N) is 3. The second-order valence-corrected chi connectivity index (χ2v) is 6.72. The molecule has 0 saturated carbocycles. The average molecular weight is 367 g/mol. The molecule has 2 aromatic rings. The van der Waals surface area contributed by atoms with E-state index in [0.717, 1.165) is 25.2 Å². The zero-order valence-corrected chi connectivity index (χ0v) is 15.8. The van der Waals surface area contributed by atoms with Gasteiger partial charge in [-0.15, -0.1) is 0 Å². The molecule has 5 nitrogen and oxygen atoms in total. The van der Waals surface area contributed by atoms with E-state index in [-0.39, 0.29) is 0 Å². The molecule has 0 amide bonds. The number of hydrogen-bond acceptors (Lipinski definition) is 5. The Kier molecular flexibility index (Phi) is 5.50. The van der Waals surface area contributed by atoms with E-state index in [4.69, 9.17) is 17.0 Å². The van der Waals surface area contributed by atoms with Crippen molar-refractivity contribution in [1.29, 1.82) is 5.26 Å². The number of carbonyl (C=O) groups excluding carboxylic acids is 1. The lowest BCUT2D eigenvalue weighted by Gasteiger charge is -2.30. The topological polar surface area (TPSA) is 58.3 Å². The minimum absolute atomic E-state index is 0.290. The molecule has 1 aliphatic heterocycles. The molecular formula is C20H21N3O2S. The van der Waals surface area contributed by atoms with Crippen molar-refractivity contribution in [2.75, 3.05) is 13.2 Å². The van der Waals surface area contributed by atoms with Gasteiger partial charge >= 0.3 is 5.97 Å². The van der Waals surface area contributed by atoms with Gasteiger partial charge in [0.05, 0.1) is 24.4 Å². The van der Waals surface area contributed by atoms with Gasteiger partial charge in [-0.05, 0) is 37.5 Å². The number of pyridine rings is 1. The van der Waals surface area contributed by atoms with E-state index in [9.17, 15) is 10.1 Å². The number of fused-ring (bicyclic) bond motifs is 1. The molecule has 0 radical (unpaired) electrons. The summed E-state index contributed by atoms with van der Waals surface area (Å²) >= 11 is 5.50. The maximum absolute atomic E-state index is 12.3. The Bertz CT molecular complexity index is 943. The van der Waals surface area contributed by atoms with E-state index >= 15 is 0 Å². The number of hydrogen-bond donors (Lipinski definition) is 0. The zero-order chi connectivity index (χ0) is 18.7. The second kappa shape index (κ2) is 7.81. The Labute approximate surface area is 158 Å². The molecule has 134 valence electrons. The Balaban J connectivity index is 1.95. The summed E-state index contributed by atoms with van der Waals surface area (Å²) in [7, 11) is 0. The van der Waals surface area contributed by atoms with Crippen LogP contribution in [0.5, 0.6) is 0 Å². The predicted octanol–water partition coefficient (Wildman–Crippen LogP) is 3.59. The number of ether oxygens (including phenoxy) is 1. The minimum atomic E-state index is -0.422. The van der Waals surface area contributed by atoms with Crippen molar-refractivity contribution in [3.63, 3.8) is 0 Å². The van der Waals surface area contributed by atoms with E-state index in [0.29, 0.717) is 29.0 Å². The highest BCUT2D eigenvalue weighted by Gasteiger charge is 2.20. The lowest BCUT2D eigenvalue weighted by molar-refractivity contribution is 0.0523. The highest BCUT2D eigenvalue weighted by atomic mass is 32.1. The van der Waals surface area contributed by atoms with Crippen molar-refractivity contribution in [2.45, 2.75) is 33.5 Å². The van der Waals surface area contributed by atoms with Crippen LogP contribution < -0.4 is 0 Å². The second-order valence-electron chi connectivity index (χ2n) is 6.34. The summed E-state index contributed by atoms with van der Waals surface area (Å²) < 4.78 is 7.45. The number of benzene rings is 1. The Hall–Kier alpha value is -2.49. The molecule has 6 heteroatoms. The maximum atomic E-state index is 12.3. The molecule has 0 unspecified atom stereocenters. The van der Waals surface area contributed by atoms with Gasteiger partial charge in [0.15, 0.2) is 0 Å². The van der Waals surface area contributed by atoms with E-state index in [1.807, 2.05) is 17.6 Å². The third-order valence-corrected chi connectivity index (χ3v) is 5.17. The Morgan fingerprint density at radius 3 is 2.77 bits per heavy atom. The van der Waals surface area contributed by atoms with Crippen molar-refractivity contribution in [2.24, 2.45) is 0 Å². The molecule has 0 spiro atoms. The summed E-state index contributed by atoms with van der Waals surface area (Å²) in [6.07, 6.45) is 0.977. The van der Waals surface area contributed by atoms with Crippen LogP contribution in [-0.4, -0.2) is 28.6 Å². The number of nitriles is 1.